The number of hydrogen-bond donors (Lipinski definition) is 1. The Bertz CT molecular complexity index is 1050. The molecular weight excluding hydrogens is 412 g/mol. The average molecular weight is 437 g/mol. The van der Waals surface area contributed by atoms with Gasteiger partial charge in [0.2, 0.25) is 5.91 Å². The zero-order chi connectivity index (χ0) is 21.3. The predicted molar refractivity (Wildman–Crippen MR) is 127 cm³/mol. The molecule has 0 aliphatic carbocycles. The first kappa shape index (κ1) is 20.7. The lowest BCUT2D eigenvalue weighted by Gasteiger charge is -2.26. The van der Waals surface area contributed by atoms with Gasteiger partial charge in [0.15, 0.2) is 0 Å². The van der Waals surface area contributed by atoms with Crippen molar-refractivity contribution in [2.45, 2.75) is 31.6 Å². The van der Waals surface area contributed by atoms with Crippen molar-refractivity contribution >= 4 is 46.3 Å². The molecule has 0 bridgehead atoms. The fraction of sp³-hybridized carbons (Fsp3) is 0.250. The first-order valence-electron chi connectivity index (χ1n) is 9.82. The summed E-state index contributed by atoms with van der Waals surface area (Å²) in [5, 5.41) is 4.73. The summed E-state index contributed by atoms with van der Waals surface area (Å²) in [6, 6.07) is 19.7. The van der Waals surface area contributed by atoms with Crippen LogP contribution in [-0.4, -0.2) is 17.6 Å². The Morgan fingerprint density at radius 2 is 1.83 bits per heavy atom. The number of thiophene rings is 1. The number of carbonyl (C=O) groups is 2. The van der Waals surface area contributed by atoms with Crippen molar-refractivity contribution in [1.29, 1.82) is 0 Å². The molecule has 4 rings (SSSR count). The first-order chi connectivity index (χ1) is 14.3. The summed E-state index contributed by atoms with van der Waals surface area (Å²) in [6.07, 6.45) is 0. The van der Waals surface area contributed by atoms with Crippen LogP contribution in [0.1, 0.15) is 46.9 Å². The van der Waals surface area contributed by atoms with Crippen LogP contribution >= 0.6 is 23.1 Å². The predicted octanol–water partition coefficient (Wildman–Crippen LogP) is 6.08. The maximum Gasteiger partial charge on any atom is 0.265 e. The van der Waals surface area contributed by atoms with E-state index in [0.29, 0.717) is 10.6 Å². The molecule has 1 fully saturated rings. The molecular formula is C24H24N2O2S2. The molecule has 2 amide bonds. The zero-order valence-corrected chi connectivity index (χ0v) is 18.8. The van der Waals surface area contributed by atoms with Gasteiger partial charge < -0.3 is 5.32 Å². The lowest BCUT2D eigenvalue weighted by atomic mass is 9.87. The number of rotatable bonds is 4. The van der Waals surface area contributed by atoms with Crippen LogP contribution in [-0.2, 0) is 10.2 Å². The maximum atomic E-state index is 12.7. The van der Waals surface area contributed by atoms with E-state index in [1.165, 1.54) is 16.9 Å². The van der Waals surface area contributed by atoms with E-state index in [-0.39, 0.29) is 22.6 Å². The van der Waals surface area contributed by atoms with Crippen LogP contribution in [0.3, 0.4) is 0 Å². The van der Waals surface area contributed by atoms with Crippen molar-refractivity contribution in [2.75, 3.05) is 16.0 Å². The third-order valence-electron chi connectivity index (χ3n) is 5.05. The fourth-order valence-corrected chi connectivity index (χ4v) is 5.23. The third-order valence-corrected chi connectivity index (χ3v) is 7.13. The molecule has 30 heavy (non-hydrogen) atoms. The number of nitrogens with zero attached hydrogens (tertiary/aromatic N) is 1. The highest BCUT2D eigenvalue weighted by Gasteiger charge is 2.34. The standard InChI is InChI=1S/C24H24N2O2S2/c1-24(2,3)17-9-11-19(12-10-17)26-21(27)15-30-23(26)16-6-4-7-18(14-16)25-22(28)20-8-5-13-29-20/h4-14,23H,15H2,1-3H3,(H,25,28)/t23-/m0/s1. The van der Waals surface area contributed by atoms with Crippen molar-refractivity contribution in [1.82, 2.24) is 0 Å². The quantitative estimate of drug-likeness (QED) is 0.539. The van der Waals surface area contributed by atoms with Gasteiger partial charge in [0.25, 0.3) is 5.91 Å². The number of benzene rings is 2. The maximum absolute atomic E-state index is 12.7. The van der Waals surface area contributed by atoms with Crippen LogP contribution < -0.4 is 10.2 Å². The topological polar surface area (TPSA) is 49.4 Å². The van der Waals surface area contributed by atoms with E-state index < -0.39 is 0 Å². The lowest BCUT2D eigenvalue weighted by Crippen LogP contribution is -2.28. The molecule has 2 heterocycles. The van der Waals surface area contributed by atoms with Gasteiger partial charge in [-0.15, -0.1) is 23.1 Å². The highest BCUT2D eigenvalue weighted by molar-refractivity contribution is 8.00. The number of anilines is 2. The summed E-state index contributed by atoms with van der Waals surface area (Å²) < 4.78 is 0. The Balaban J connectivity index is 1.58. The number of thioether (sulfide) groups is 1. The van der Waals surface area contributed by atoms with E-state index in [4.69, 9.17) is 0 Å². The van der Waals surface area contributed by atoms with Crippen LogP contribution in [0.15, 0.2) is 66.0 Å². The normalized spacial score (nSPS) is 16.7. The molecule has 1 saturated heterocycles. The second-order valence-electron chi connectivity index (χ2n) is 8.28. The average Bonchev–Trinajstić information content (AvgIpc) is 3.38. The minimum atomic E-state index is -0.119. The smallest absolute Gasteiger partial charge is 0.265 e. The largest absolute Gasteiger partial charge is 0.321 e. The van der Waals surface area contributed by atoms with Gasteiger partial charge in [-0.25, -0.2) is 0 Å². The molecule has 1 N–H and O–H groups in total. The molecule has 0 radical (unpaired) electrons. The Kier molecular flexibility index (Phi) is 5.71. The second kappa shape index (κ2) is 8.28. The van der Waals surface area contributed by atoms with Crippen molar-refractivity contribution in [3.8, 4) is 0 Å². The van der Waals surface area contributed by atoms with Gasteiger partial charge in [0.1, 0.15) is 5.37 Å². The molecule has 1 aliphatic heterocycles. The van der Waals surface area contributed by atoms with Crippen LogP contribution in [0.2, 0.25) is 0 Å². The van der Waals surface area contributed by atoms with Crippen molar-refractivity contribution in [3.05, 3.63) is 82.0 Å². The summed E-state index contributed by atoms with van der Waals surface area (Å²) in [5.41, 5.74) is 3.93. The van der Waals surface area contributed by atoms with Gasteiger partial charge in [-0.1, -0.05) is 51.1 Å². The number of carbonyl (C=O) groups excluding carboxylic acids is 2. The van der Waals surface area contributed by atoms with E-state index in [0.717, 1.165) is 16.9 Å². The van der Waals surface area contributed by atoms with Gasteiger partial charge in [0.05, 0.1) is 10.6 Å². The molecule has 0 saturated carbocycles. The molecule has 0 unspecified atom stereocenters. The minimum Gasteiger partial charge on any atom is -0.321 e. The monoisotopic (exact) mass is 436 g/mol. The molecule has 154 valence electrons. The van der Waals surface area contributed by atoms with Crippen LogP contribution in [0.25, 0.3) is 0 Å². The molecule has 2 aromatic carbocycles. The number of nitrogens with one attached hydrogen (secondary N) is 1. The van der Waals surface area contributed by atoms with Gasteiger partial charge in [-0.2, -0.15) is 0 Å². The van der Waals surface area contributed by atoms with Gasteiger partial charge >= 0.3 is 0 Å². The highest BCUT2D eigenvalue weighted by Crippen LogP contribution is 2.42. The van der Waals surface area contributed by atoms with Gasteiger partial charge in [-0.3, -0.25) is 14.5 Å². The molecule has 1 aromatic heterocycles. The Morgan fingerprint density at radius 3 is 2.50 bits per heavy atom. The summed E-state index contributed by atoms with van der Waals surface area (Å²) in [5.74, 6) is 0.422. The molecule has 3 aromatic rings. The zero-order valence-electron chi connectivity index (χ0n) is 17.2. The molecule has 6 heteroatoms. The molecule has 1 aliphatic rings. The Hall–Kier alpha value is -2.57. The summed E-state index contributed by atoms with van der Waals surface area (Å²) >= 11 is 3.02. The van der Waals surface area contributed by atoms with E-state index >= 15 is 0 Å². The molecule has 1 atom stereocenters. The summed E-state index contributed by atoms with van der Waals surface area (Å²) in [4.78, 5) is 27.6. The SMILES string of the molecule is CC(C)(C)c1ccc(N2C(=O)CS[C@H]2c2cccc(NC(=O)c3cccs3)c2)cc1. The molecule has 4 nitrogen and oxygen atoms in total. The van der Waals surface area contributed by atoms with E-state index in [1.54, 1.807) is 17.8 Å². The van der Waals surface area contributed by atoms with Crippen molar-refractivity contribution < 1.29 is 9.59 Å². The van der Waals surface area contributed by atoms with Crippen LogP contribution in [0.5, 0.6) is 0 Å². The van der Waals surface area contributed by atoms with E-state index in [2.05, 4.69) is 38.2 Å². The lowest BCUT2D eigenvalue weighted by molar-refractivity contribution is -0.115. The first-order valence-corrected chi connectivity index (χ1v) is 11.7. The van der Waals surface area contributed by atoms with Crippen molar-refractivity contribution in [2.24, 2.45) is 0 Å². The minimum absolute atomic E-state index is 0.0663. The van der Waals surface area contributed by atoms with E-state index in [9.17, 15) is 9.59 Å². The van der Waals surface area contributed by atoms with Gasteiger partial charge in [-0.05, 0) is 52.3 Å². The summed E-state index contributed by atoms with van der Waals surface area (Å²) in [7, 11) is 0. The number of hydrogen-bond acceptors (Lipinski definition) is 4. The van der Waals surface area contributed by atoms with E-state index in [1.807, 2.05) is 52.7 Å². The van der Waals surface area contributed by atoms with Crippen LogP contribution in [0.4, 0.5) is 11.4 Å². The molecule has 0 spiro atoms. The third kappa shape index (κ3) is 4.30. The second-order valence-corrected chi connectivity index (χ2v) is 10.3. The van der Waals surface area contributed by atoms with Crippen LogP contribution in [0, 0.1) is 0 Å². The summed E-state index contributed by atoms with van der Waals surface area (Å²) in [6.45, 7) is 6.53. The highest BCUT2D eigenvalue weighted by atomic mass is 32.2. The Morgan fingerprint density at radius 1 is 1.07 bits per heavy atom. The van der Waals surface area contributed by atoms with Crippen molar-refractivity contribution in [3.63, 3.8) is 0 Å². The number of amides is 2. The van der Waals surface area contributed by atoms with Gasteiger partial charge in [0, 0.05) is 11.4 Å². The fourth-order valence-electron chi connectivity index (χ4n) is 3.44. The Labute approximate surface area is 185 Å².